The van der Waals surface area contributed by atoms with Crippen LogP contribution in [0.25, 0.3) is 0 Å². The summed E-state index contributed by atoms with van der Waals surface area (Å²) in [4.78, 5) is 25.4. The molecule has 3 rings (SSSR count). The smallest absolute Gasteiger partial charge is 0.341 e. The van der Waals surface area contributed by atoms with Crippen molar-refractivity contribution >= 4 is 28.2 Å². The Kier molecular flexibility index (Phi) is 3.50. The molecule has 6 nitrogen and oxygen atoms in total. The number of nitrogens with one attached hydrogen (secondary N) is 1. The maximum absolute atomic E-state index is 12.2. The molecule has 0 atom stereocenters. The maximum Gasteiger partial charge on any atom is 0.341 e. The van der Waals surface area contributed by atoms with E-state index in [4.69, 9.17) is 4.74 Å². The van der Waals surface area contributed by atoms with Crippen molar-refractivity contribution in [2.24, 2.45) is 7.05 Å². The van der Waals surface area contributed by atoms with E-state index >= 15 is 0 Å². The second kappa shape index (κ2) is 5.33. The highest BCUT2D eigenvalue weighted by Crippen LogP contribution is 2.39. The van der Waals surface area contributed by atoms with Crippen molar-refractivity contribution in [3.05, 3.63) is 34.0 Å². The number of rotatable bonds is 3. The lowest BCUT2D eigenvalue weighted by molar-refractivity contribution is 0.0601. The Bertz CT molecular complexity index is 717. The SMILES string of the molecule is COC(=O)c1c(NC(=O)c2cnn(C)c2)sc2c1CCC2. The Labute approximate surface area is 125 Å². The fourth-order valence-corrected chi connectivity index (χ4v) is 3.80. The van der Waals surface area contributed by atoms with Crippen LogP contribution in [0.2, 0.25) is 0 Å². The van der Waals surface area contributed by atoms with Crippen LogP contribution in [0, 0.1) is 0 Å². The van der Waals surface area contributed by atoms with E-state index in [1.54, 1.807) is 17.9 Å². The number of methoxy groups -OCH3 is 1. The third-order valence-corrected chi connectivity index (χ3v) is 4.71. The first-order valence-corrected chi connectivity index (χ1v) is 7.44. The number of fused-ring (bicyclic) bond motifs is 1. The topological polar surface area (TPSA) is 73.2 Å². The summed E-state index contributed by atoms with van der Waals surface area (Å²) < 4.78 is 6.41. The highest BCUT2D eigenvalue weighted by molar-refractivity contribution is 7.17. The Balaban J connectivity index is 1.92. The standard InChI is InChI=1S/C14H15N3O3S/c1-17-7-8(6-15-17)12(18)16-13-11(14(19)20-2)9-4-3-5-10(9)21-13/h6-7H,3-5H2,1-2H3,(H,16,18). The summed E-state index contributed by atoms with van der Waals surface area (Å²) in [7, 11) is 3.10. The van der Waals surface area contributed by atoms with E-state index in [-0.39, 0.29) is 5.91 Å². The first-order chi connectivity index (χ1) is 10.1. The van der Waals surface area contributed by atoms with Crippen LogP contribution in [0.3, 0.4) is 0 Å². The molecule has 0 spiro atoms. The number of carbonyl (C=O) groups is 2. The summed E-state index contributed by atoms with van der Waals surface area (Å²) in [5.74, 6) is -0.663. The predicted molar refractivity (Wildman–Crippen MR) is 78.8 cm³/mol. The van der Waals surface area contributed by atoms with Gasteiger partial charge in [0.1, 0.15) is 5.00 Å². The highest BCUT2D eigenvalue weighted by atomic mass is 32.1. The summed E-state index contributed by atoms with van der Waals surface area (Å²) in [6, 6.07) is 0. The van der Waals surface area contributed by atoms with Crippen molar-refractivity contribution in [3.63, 3.8) is 0 Å². The molecular formula is C14H15N3O3S. The van der Waals surface area contributed by atoms with Crippen molar-refractivity contribution < 1.29 is 14.3 Å². The van der Waals surface area contributed by atoms with Gasteiger partial charge in [-0.3, -0.25) is 9.48 Å². The van der Waals surface area contributed by atoms with Crippen LogP contribution < -0.4 is 5.32 Å². The number of thiophene rings is 1. The minimum absolute atomic E-state index is 0.270. The van der Waals surface area contributed by atoms with Crippen molar-refractivity contribution in [2.75, 3.05) is 12.4 Å². The molecule has 2 aromatic rings. The number of aryl methyl sites for hydroxylation is 2. The van der Waals surface area contributed by atoms with Gasteiger partial charge in [-0.1, -0.05) is 0 Å². The summed E-state index contributed by atoms with van der Waals surface area (Å²) in [5, 5.41) is 7.35. The van der Waals surface area contributed by atoms with Gasteiger partial charge in [0, 0.05) is 18.1 Å². The van der Waals surface area contributed by atoms with E-state index < -0.39 is 5.97 Å². The lowest BCUT2D eigenvalue weighted by Crippen LogP contribution is -2.14. The Hall–Kier alpha value is -2.15. The highest BCUT2D eigenvalue weighted by Gasteiger charge is 2.28. The molecule has 1 amide bonds. The quantitative estimate of drug-likeness (QED) is 0.880. The number of carbonyl (C=O) groups excluding carboxylic acids is 2. The molecule has 0 radical (unpaired) electrons. The van der Waals surface area contributed by atoms with Crippen LogP contribution in [0.4, 0.5) is 5.00 Å². The first kappa shape index (κ1) is 13.8. The molecule has 0 aliphatic heterocycles. The molecular weight excluding hydrogens is 290 g/mol. The molecule has 7 heteroatoms. The Morgan fingerprint density at radius 1 is 1.43 bits per heavy atom. The monoisotopic (exact) mass is 305 g/mol. The van der Waals surface area contributed by atoms with Gasteiger partial charge >= 0.3 is 5.97 Å². The molecule has 0 saturated carbocycles. The molecule has 0 unspecified atom stereocenters. The molecule has 1 N–H and O–H groups in total. The molecule has 2 heterocycles. The third kappa shape index (κ3) is 2.44. The third-order valence-electron chi connectivity index (χ3n) is 3.50. The van der Waals surface area contributed by atoms with Crippen LogP contribution in [0.1, 0.15) is 37.6 Å². The van der Waals surface area contributed by atoms with Crippen molar-refractivity contribution in [3.8, 4) is 0 Å². The van der Waals surface area contributed by atoms with Crippen LogP contribution in [-0.4, -0.2) is 28.8 Å². The number of amides is 1. The molecule has 110 valence electrons. The van der Waals surface area contributed by atoms with Gasteiger partial charge in [0.05, 0.1) is 24.4 Å². The van der Waals surface area contributed by atoms with Crippen LogP contribution in [0.5, 0.6) is 0 Å². The van der Waals surface area contributed by atoms with E-state index in [9.17, 15) is 9.59 Å². The van der Waals surface area contributed by atoms with Gasteiger partial charge in [-0.2, -0.15) is 5.10 Å². The largest absolute Gasteiger partial charge is 0.465 e. The zero-order chi connectivity index (χ0) is 15.0. The van der Waals surface area contributed by atoms with Crippen molar-refractivity contribution in [2.45, 2.75) is 19.3 Å². The average molecular weight is 305 g/mol. The van der Waals surface area contributed by atoms with E-state index in [1.165, 1.54) is 24.6 Å². The normalized spacial score (nSPS) is 13.0. The van der Waals surface area contributed by atoms with Crippen molar-refractivity contribution in [1.82, 2.24) is 9.78 Å². The summed E-state index contributed by atoms with van der Waals surface area (Å²) in [5.41, 5.74) is 1.99. The maximum atomic E-state index is 12.2. The van der Waals surface area contributed by atoms with Crippen LogP contribution >= 0.6 is 11.3 Å². The van der Waals surface area contributed by atoms with Crippen molar-refractivity contribution in [1.29, 1.82) is 0 Å². The van der Waals surface area contributed by atoms with E-state index in [0.717, 1.165) is 29.7 Å². The lowest BCUT2D eigenvalue weighted by Gasteiger charge is -2.05. The second-order valence-corrected chi connectivity index (χ2v) is 6.02. The minimum Gasteiger partial charge on any atom is -0.465 e. The van der Waals surface area contributed by atoms with Gasteiger partial charge in [0.2, 0.25) is 0 Å². The summed E-state index contributed by atoms with van der Waals surface area (Å²) in [6.07, 6.45) is 5.98. The first-order valence-electron chi connectivity index (χ1n) is 6.63. The average Bonchev–Trinajstić information content (AvgIpc) is 3.13. The molecule has 0 bridgehead atoms. The molecule has 1 aliphatic carbocycles. The van der Waals surface area contributed by atoms with Gasteiger partial charge in [0.15, 0.2) is 0 Å². The number of hydrogen-bond donors (Lipinski definition) is 1. The Morgan fingerprint density at radius 3 is 2.90 bits per heavy atom. The summed E-state index contributed by atoms with van der Waals surface area (Å²) >= 11 is 1.46. The number of aromatic nitrogens is 2. The van der Waals surface area contributed by atoms with Crippen LogP contribution in [-0.2, 0) is 24.6 Å². The zero-order valence-electron chi connectivity index (χ0n) is 11.8. The summed E-state index contributed by atoms with van der Waals surface area (Å²) in [6.45, 7) is 0. The van der Waals surface area contributed by atoms with E-state index in [0.29, 0.717) is 16.1 Å². The number of hydrogen-bond acceptors (Lipinski definition) is 5. The number of anilines is 1. The van der Waals surface area contributed by atoms with Gasteiger partial charge in [-0.05, 0) is 24.8 Å². The molecule has 2 aromatic heterocycles. The van der Waals surface area contributed by atoms with E-state index in [2.05, 4.69) is 10.4 Å². The van der Waals surface area contributed by atoms with Gasteiger partial charge in [-0.25, -0.2) is 4.79 Å². The molecule has 0 saturated heterocycles. The number of esters is 1. The lowest BCUT2D eigenvalue weighted by atomic mass is 10.1. The molecule has 0 aromatic carbocycles. The number of nitrogens with zero attached hydrogens (tertiary/aromatic N) is 2. The van der Waals surface area contributed by atoms with E-state index in [1.807, 2.05) is 0 Å². The molecule has 21 heavy (non-hydrogen) atoms. The fraction of sp³-hybridized carbons (Fsp3) is 0.357. The van der Waals surface area contributed by atoms with Gasteiger partial charge in [0.25, 0.3) is 5.91 Å². The van der Waals surface area contributed by atoms with Crippen LogP contribution in [0.15, 0.2) is 12.4 Å². The molecule has 0 fully saturated rings. The molecule has 1 aliphatic rings. The minimum atomic E-state index is -0.393. The Morgan fingerprint density at radius 2 is 2.24 bits per heavy atom. The second-order valence-electron chi connectivity index (χ2n) is 4.91. The zero-order valence-corrected chi connectivity index (χ0v) is 12.6. The van der Waals surface area contributed by atoms with Gasteiger partial charge in [-0.15, -0.1) is 11.3 Å². The fourth-order valence-electron chi connectivity index (χ4n) is 2.52. The number of ether oxygens (including phenoxy) is 1. The predicted octanol–water partition coefficient (Wildman–Crippen LogP) is 2.01. The van der Waals surface area contributed by atoms with Gasteiger partial charge < -0.3 is 10.1 Å².